The summed E-state index contributed by atoms with van der Waals surface area (Å²) in [7, 11) is 0. The van der Waals surface area contributed by atoms with Gasteiger partial charge in [-0.3, -0.25) is 9.59 Å². The molecule has 1 aromatic carbocycles. The second-order valence-electron chi connectivity index (χ2n) is 8.08. The Bertz CT molecular complexity index is 939. The van der Waals surface area contributed by atoms with Crippen molar-refractivity contribution in [2.45, 2.75) is 44.4 Å². The van der Waals surface area contributed by atoms with E-state index in [-0.39, 0.29) is 30.2 Å². The molecule has 9 nitrogen and oxygen atoms in total. The van der Waals surface area contributed by atoms with Crippen LogP contribution in [0.15, 0.2) is 30.5 Å². The number of hydrogen-bond donors (Lipinski definition) is 0. The molecule has 2 amide bonds. The zero-order chi connectivity index (χ0) is 20.5. The van der Waals surface area contributed by atoms with E-state index < -0.39 is 0 Å². The summed E-state index contributed by atoms with van der Waals surface area (Å²) in [5.74, 6) is 1.19. The van der Waals surface area contributed by atoms with Crippen molar-refractivity contribution in [3.05, 3.63) is 36.2 Å². The molecule has 1 atom stereocenters. The minimum atomic E-state index is -0.258. The molecule has 0 radical (unpaired) electrons. The third-order valence-electron chi connectivity index (χ3n) is 6.03. The number of carbonyl (C=O) groups is 2. The maximum absolute atomic E-state index is 12.8. The van der Waals surface area contributed by atoms with Crippen molar-refractivity contribution >= 4 is 11.8 Å². The third kappa shape index (κ3) is 3.71. The maximum Gasteiger partial charge on any atom is 0.276 e. The Balaban J connectivity index is 1.18. The van der Waals surface area contributed by atoms with Gasteiger partial charge in [-0.05, 0) is 25.0 Å². The van der Waals surface area contributed by atoms with Crippen LogP contribution in [0.1, 0.15) is 36.2 Å². The van der Waals surface area contributed by atoms with Crippen LogP contribution >= 0.6 is 0 Å². The van der Waals surface area contributed by atoms with Crippen LogP contribution in [-0.4, -0.2) is 75.0 Å². The number of carbonyl (C=O) groups excluding carboxylic acids is 2. The zero-order valence-electron chi connectivity index (χ0n) is 16.8. The molecule has 9 heteroatoms. The summed E-state index contributed by atoms with van der Waals surface area (Å²) in [5.41, 5.74) is 0.245. The molecule has 5 rings (SSSR count). The number of rotatable bonds is 4. The molecule has 1 saturated heterocycles. The zero-order valence-corrected chi connectivity index (χ0v) is 16.8. The van der Waals surface area contributed by atoms with Crippen molar-refractivity contribution in [3.8, 4) is 11.5 Å². The number of benzene rings is 1. The Hall–Kier alpha value is -3.10. The third-order valence-corrected chi connectivity index (χ3v) is 6.03. The summed E-state index contributed by atoms with van der Waals surface area (Å²) in [6, 6.07) is 7.87. The van der Waals surface area contributed by atoms with Gasteiger partial charge in [-0.25, -0.2) is 4.68 Å². The van der Waals surface area contributed by atoms with Crippen molar-refractivity contribution < 1.29 is 19.1 Å². The van der Waals surface area contributed by atoms with Crippen LogP contribution in [0, 0.1) is 0 Å². The molecular weight excluding hydrogens is 386 g/mol. The van der Waals surface area contributed by atoms with Crippen molar-refractivity contribution in [2.24, 2.45) is 0 Å². The SMILES string of the molecule is O=C(c1cn(C[C@@H]2COc3ccccc3O2)nn1)N1CCN(C2CCCC2)C(=O)C1. The van der Waals surface area contributed by atoms with Crippen LogP contribution in [-0.2, 0) is 11.3 Å². The van der Waals surface area contributed by atoms with Crippen LogP contribution in [0.2, 0.25) is 0 Å². The van der Waals surface area contributed by atoms with Crippen LogP contribution in [0.3, 0.4) is 0 Å². The lowest BCUT2D eigenvalue weighted by Gasteiger charge is -2.37. The molecule has 1 aromatic heterocycles. The van der Waals surface area contributed by atoms with Crippen molar-refractivity contribution in [1.82, 2.24) is 24.8 Å². The molecule has 0 unspecified atom stereocenters. The van der Waals surface area contributed by atoms with Gasteiger partial charge in [0.1, 0.15) is 13.2 Å². The molecule has 30 heavy (non-hydrogen) atoms. The first-order chi connectivity index (χ1) is 14.7. The summed E-state index contributed by atoms with van der Waals surface area (Å²) in [4.78, 5) is 28.9. The van der Waals surface area contributed by atoms with Crippen molar-refractivity contribution in [1.29, 1.82) is 0 Å². The lowest BCUT2D eigenvalue weighted by atomic mass is 10.1. The van der Waals surface area contributed by atoms with Gasteiger partial charge >= 0.3 is 0 Å². The highest BCUT2D eigenvalue weighted by molar-refractivity contribution is 5.95. The van der Waals surface area contributed by atoms with Gasteiger partial charge in [0.25, 0.3) is 5.91 Å². The quantitative estimate of drug-likeness (QED) is 0.754. The first-order valence-corrected chi connectivity index (χ1v) is 10.5. The number of aromatic nitrogens is 3. The van der Waals surface area contributed by atoms with E-state index in [2.05, 4.69) is 10.3 Å². The van der Waals surface area contributed by atoms with Crippen LogP contribution in [0.4, 0.5) is 0 Å². The summed E-state index contributed by atoms with van der Waals surface area (Å²) in [5, 5.41) is 8.09. The molecule has 0 bridgehead atoms. The van der Waals surface area contributed by atoms with Gasteiger partial charge in [0.2, 0.25) is 5.91 Å². The molecule has 0 N–H and O–H groups in total. The molecule has 2 aliphatic heterocycles. The Kier molecular flexibility index (Phi) is 5.02. The summed E-state index contributed by atoms with van der Waals surface area (Å²) < 4.78 is 13.2. The van der Waals surface area contributed by atoms with E-state index in [9.17, 15) is 9.59 Å². The molecule has 2 fully saturated rings. The molecule has 2 aromatic rings. The number of fused-ring (bicyclic) bond motifs is 1. The first-order valence-electron chi connectivity index (χ1n) is 10.5. The Labute approximate surface area is 174 Å². The molecule has 0 spiro atoms. The Morgan fingerprint density at radius 2 is 1.93 bits per heavy atom. The highest BCUT2D eigenvalue weighted by Gasteiger charge is 2.34. The normalized spacial score (nSPS) is 21.9. The number of nitrogens with zero attached hydrogens (tertiary/aromatic N) is 5. The van der Waals surface area contributed by atoms with Gasteiger partial charge < -0.3 is 19.3 Å². The van der Waals surface area contributed by atoms with Gasteiger partial charge in [0.05, 0.1) is 12.7 Å². The van der Waals surface area contributed by atoms with E-state index in [1.165, 1.54) is 12.8 Å². The fraction of sp³-hybridized carbons (Fsp3) is 0.524. The van der Waals surface area contributed by atoms with E-state index in [0.717, 1.165) is 18.6 Å². The van der Waals surface area contributed by atoms with Crippen LogP contribution < -0.4 is 9.47 Å². The highest BCUT2D eigenvalue weighted by atomic mass is 16.6. The number of para-hydroxylation sites is 2. The van der Waals surface area contributed by atoms with Gasteiger partial charge in [-0.2, -0.15) is 0 Å². The van der Waals surface area contributed by atoms with Gasteiger partial charge in [-0.1, -0.05) is 30.2 Å². The Morgan fingerprint density at radius 1 is 1.13 bits per heavy atom. The second kappa shape index (κ2) is 7.97. The molecule has 3 heterocycles. The summed E-state index contributed by atoms with van der Waals surface area (Å²) >= 11 is 0. The van der Waals surface area contributed by atoms with E-state index >= 15 is 0 Å². The number of amides is 2. The predicted octanol–water partition coefficient (Wildman–Crippen LogP) is 1.35. The van der Waals surface area contributed by atoms with E-state index in [1.54, 1.807) is 15.8 Å². The van der Waals surface area contributed by atoms with Gasteiger partial charge in [0.15, 0.2) is 23.3 Å². The fourth-order valence-corrected chi connectivity index (χ4v) is 4.47. The number of hydrogen-bond acceptors (Lipinski definition) is 6. The van der Waals surface area contributed by atoms with Crippen LogP contribution in [0.25, 0.3) is 0 Å². The maximum atomic E-state index is 12.8. The largest absolute Gasteiger partial charge is 0.486 e. The number of ether oxygens (including phenoxy) is 2. The van der Waals surface area contributed by atoms with Crippen LogP contribution in [0.5, 0.6) is 11.5 Å². The average molecular weight is 411 g/mol. The van der Waals surface area contributed by atoms with Crippen molar-refractivity contribution in [2.75, 3.05) is 26.2 Å². The van der Waals surface area contributed by atoms with E-state index in [0.29, 0.717) is 38.0 Å². The highest BCUT2D eigenvalue weighted by Crippen LogP contribution is 2.31. The first kappa shape index (κ1) is 18.9. The van der Waals surface area contributed by atoms with E-state index in [1.807, 2.05) is 29.2 Å². The second-order valence-corrected chi connectivity index (χ2v) is 8.08. The number of piperazine rings is 1. The average Bonchev–Trinajstić information content (AvgIpc) is 3.45. The molecule has 3 aliphatic rings. The standard InChI is InChI=1S/C21H25N5O4/c27-20-13-24(9-10-26(20)15-5-1-2-6-15)21(28)17-12-25(23-22-17)11-16-14-29-18-7-3-4-8-19(18)30-16/h3-4,7-8,12,15-16H,1-2,5-6,9-11,13-14H2/t16-/m1/s1. The molecule has 1 aliphatic carbocycles. The van der Waals surface area contributed by atoms with Crippen molar-refractivity contribution in [3.63, 3.8) is 0 Å². The molecule has 1 saturated carbocycles. The lowest BCUT2D eigenvalue weighted by molar-refractivity contribution is -0.137. The minimum absolute atomic E-state index is 0.0281. The molecule has 158 valence electrons. The van der Waals surface area contributed by atoms with E-state index in [4.69, 9.17) is 9.47 Å². The summed E-state index contributed by atoms with van der Waals surface area (Å²) in [6.45, 7) is 2.06. The fourth-order valence-electron chi connectivity index (χ4n) is 4.47. The van der Waals surface area contributed by atoms with Gasteiger partial charge in [0, 0.05) is 19.1 Å². The Morgan fingerprint density at radius 3 is 2.73 bits per heavy atom. The lowest BCUT2D eigenvalue weighted by Crippen LogP contribution is -2.55. The predicted molar refractivity (Wildman–Crippen MR) is 106 cm³/mol. The van der Waals surface area contributed by atoms with Gasteiger partial charge in [-0.15, -0.1) is 5.10 Å². The summed E-state index contributed by atoms with van der Waals surface area (Å²) in [6.07, 6.45) is 5.90. The molecular formula is C21H25N5O4. The minimum Gasteiger partial charge on any atom is -0.486 e. The smallest absolute Gasteiger partial charge is 0.276 e. The topological polar surface area (TPSA) is 89.8 Å². The monoisotopic (exact) mass is 411 g/mol.